The smallest absolute Gasteiger partial charge is 0.346 e. The molecule has 0 spiro atoms. The molecule has 2 aromatic heterocycles. The fourth-order valence-corrected chi connectivity index (χ4v) is 3.10. The Morgan fingerprint density at radius 2 is 1.84 bits per heavy atom. The second kappa shape index (κ2) is 8.71. The van der Waals surface area contributed by atoms with E-state index in [0.29, 0.717) is 17.0 Å². The Morgan fingerprint density at radius 3 is 2.58 bits per heavy atom. The van der Waals surface area contributed by atoms with Crippen LogP contribution in [-0.2, 0) is 19.1 Å². The van der Waals surface area contributed by atoms with Crippen LogP contribution in [0.15, 0.2) is 77.4 Å². The van der Waals surface area contributed by atoms with Gasteiger partial charge in [-0.25, -0.2) is 14.3 Å². The van der Waals surface area contributed by atoms with Crippen molar-refractivity contribution in [3.63, 3.8) is 0 Å². The first-order valence-electron chi connectivity index (χ1n) is 9.65. The highest BCUT2D eigenvalue weighted by Gasteiger charge is 2.18. The molecular weight excluding hydrogens is 396 g/mol. The molecule has 2 heterocycles. The van der Waals surface area contributed by atoms with E-state index in [0.717, 1.165) is 16.7 Å². The molecular formula is C24H20N2O5. The number of furan rings is 1. The van der Waals surface area contributed by atoms with Crippen molar-refractivity contribution < 1.29 is 23.5 Å². The Hall–Kier alpha value is -4.13. The normalized spacial score (nSPS) is 12.2. The zero-order chi connectivity index (χ0) is 21.8. The van der Waals surface area contributed by atoms with Crippen LogP contribution in [0.4, 0.5) is 0 Å². The van der Waals surface area contributed by atoms with Gasteiger partial charge in [0, 0.05) is 23.2 Å². The number of carbonyl (C=O) groups is 2. The first-order chi connectivity index (χ1) is 15.0. The average Bonchev–Trinajstić information content (AvgIpc) is 3.41. The van der Waals surface area contributed by atoms with Crippen LogP contribution < -0.4 is 0 Å². The molecule has 0 fully saturated rings. The monoisotopic (exact) mass is 416 g/mol. The van der Waals surface area contributed by atoms with Gasteiger partial charge in [0.05, 0.1) is 12.8 Å². The van der Waals surface area contributed by atoms with Crippen LogP contribution in [-0.4, -0.2) is 34.9 Å². The summed E-state index contributed by atoms with van der Waals surface area (Å²) in [6, 6.07) is 19.2. The molecule has 1 atom stereocenters. The van der Waals surface area contributed by atoms with Gasteiger partial charge < -0.3 is 13.9 Å². The van der Waals surface area contributed by atoms with E-state index in [1.165, 1.54) is 20.1 Å². The molecule has 0 aliphatic carbocycles. The number of methoxy groups -OCH3 is 1. The Labute approximate surface area is 178 Å². The Bertz CT molecular complexity index is 1220. The number of hydrogen-bond donors (Lipinski definition) is 0. The first kappa shape index (κ1) is 20.2. The third-order valence-corrected chi connectivity index (χ3v) is 4.65. The standard InChI is InChI=1S/C24H20N2O5/c1-16(24(28)29-2)30-22(27)13-12-18-15-26(19-9-4-3-5-10-19)25-23(18)21-14-17-8-6-7-11-20(17)31-21/h3-16H,1-2H3/b13-12+. The lowest BCUT2D eigenvalue weighted by molar-refractivity contribution is -0.161. The van der Waals surface area contributed by atoms with Gasteiger partial charge in [-0.2, -0.15) is 5.10 Å². The van der Waals surface area contributed by atoms with Gasteiger partial charge in [-0.15, -0.1) is 0 Å². The molecule has 4 rings (SSSR count). The number of carbonyl (C=O) groups excluding carboxylic acids is 2. The Balaban J connectivity index is 1.69. The van der Waals surface area contributed by atoms with Crippen molar-refractivity contribution in [2.45, 2.75) is 13.0 Å². The van der Waals surface area contributed by atoms with E-state index in [1.54, 1.807) is 17.0 Å². The molecule has 0 aliphatic heterocycles. The van der Waals surface area contributed by atoms with Gasteiger partial charge in [0.25, 0.3) is 0 Å². The average molecular weight is 416 g/mol. The van der Waals surface area contributed by atoms with Crippen LogP contribution in [0, 0.1) is 0 Å². The molecule has 0 radical (unpaired) electrons. The summed E-state index contributed by atoms with van der Waals surface area (Å²) in [5, 5.41) is 5.62. The van der Waals surface area contributed by atoms with Gasteiger partial charge in [0.15, 0.2) is 11.9 Å². The van der Waals surface area contributed by atoms with Crippen LogP contribution in [0.25, 0.3) is 34.2 Å². The zero-order valence-corrected chi connectivity index (χ0v) is 17.0. The number of aromatic nitrogens is 2. The van der Waals surface area contributed by atoms with Crippen molar-refractivity contribution in [1.29, 1.82) is 0 Å². The van der Waals surface area contributed by atoms with Crippen LogP contribution >= 0.6 is 0 Å². The lowest BCUT2D eigenvalue weighted by Gasteiger charge is -2.08. The maximum atomic E-state index is 12.1. The summed E-state index contributed by atoms with van der Waals surface area (Å²) >= 11 is 0. The number of rotatable bonds is 6. The largest absolute Gasteiger partial charge is 0.466 e. The van der Waals surface area contributed by atoms with Crippen LogP contribution in [0.5, 0.6) is 0 Å². The molecule has 31 heavy (non-hydrogen) atoms. The number of para-hydroxylation sites is 2. The van der Waals surface area contributed by atoms with E-state index in [2.05, 4.69) is 9.84 Å². The van der Waals surface area contributed by atoms with Crippen molar-refractivity contribution in [2.24, 2.45) is 0 Å². The minimum atomic E-state index is -0.996. The van der Waals surface area contributed by atoms with Crippen molar-refractivity contribution >= 4 is 29.0 Å². The zero-order valence-electron chi connectivity index (χ0n) is 17.0. The maximum absolute atomic E-state index is 12.1. The molecule has 0 N–H and O–H groups in total. The number of fused-ring (bicyclic) bond motifs is 1. The van der Waals surface area contributed by atoms with Gasteiger partial charge in [-0.3, -0.25) is 0 Å². The number of esters is 2. The highest BCUT2D eigenvalue weighted by Crippen LogP contribution is 2.30. The summed E-state index contributed by atoms with van der Waals surface area (Å²) < 4.78 is 17.3. The molecule has 0 amide bonds. The number of hydrogen-bond acceptors (Lipinski definition) is 6. The molecule has 0 saturated heterocycles. The number of benzene rings is 2. The number of ether oxygens (including phenoxy) is 2. The second-order valence-electron chi connectivity index (χ2n) is 6.80. The third kappa shape index (κ3) is 4.40. The second-order valence-corrected chi connectivity index (χ2v) is 6.80. The van der Waals surface area contributed by atoms with E-state index in [9.17, 15) is 9.59 Å². The summed E-state index contributed by atoms with van der Waals surface area (Å²) in [6.45, 7) is 1.45. The predicted octanol–water partition coefficient (Wildman–Crippen LogP) is 4.40. The minimum Gasteiger partial charge on any atom is -0.466 e. The topological polar surface area (TPSA) is 83.6 Å². The Morgan fingerprint density at radius 1 is 1.10 bits per heavy atom. The van der Waals surface area contributed by atoms with E-state index in [1.807, 2.05) is 60.7 Å². The first-order valence-corrected chi connectivity index (χ1v) is 9.65. The van der Waals surface area contributed by atoms with Crippen LogP contribution in [0.1, 0.15) is 12.5 Å². The predicted molar refractivity (Wildman–Crippen MR) is 115 cm³/mol. The molecule has 7 heteroatoms. The van der Waals surface area contributed by atoms with Crippen molar-refractivity contribution in [3.05, 3.63) is 78.5 Å². The summed E-state index contributed by atoms with van der Waals surface area (Å²) in [5.41, 5.74) is 2.84. The quantitative estimate of drug-likeness (QED) is 0.342. The third-order valence-electron chi connectivity index (χ3n) is 4.65. The van der Waals surface area contributed by atoms with Crippen LogP contribution in [0.2, 0.25) is 0 Å². The van der Waals surface area contributed by atoms with E-state index >= 15 is 0 Å². The van der Waals surface area contributed by atoms with Gasteiger partial charge in [-0.1, -0.05) is 36.4 Å². The molecule has 2 aromatic carbocycles. The van der Waals surface area contributed by atoms with Gasteiger partial charge in [0.1, 0.15) is 11.3 Å². The lowest BCUT2D eigenvalue weighted by atomic mass is 10.2. The van der Waals surface area contributed by atoms with Crippen LogP contribution in [0.3, 0.4) is 0 Å². The van der Waals surface area contributed by atoms with Crippen molar-refractivity contribution in [1.82, 2.24) is 9.78 Å². The van der Waals surface area contributed by atoms with E-state index < -0.39 is 18.0 Å². The number of nitrogens with zero attached hydrogens (tertiary/aromatic N) is 2. The highest BCUT2D eigenvalue weighted by molar-refractivity contribution is 5.91. The van der Waals surface area contributed by atoms with Crippen molar-refractivity contribution in [3.8, 4) is 17.1 Å². The van der Waals surface area contributed by atoms with Crippen molar-refractivity contribution in [2.75, 3.05) is 7.11 Å². The SMILES string of the molecule is COC(=O)C(C)OC(=O)/C=C/c1cn(-c2ccccc2)nc1-c1cc2ccccc2o1. The minimum absolute atomic E-state index is 0.574. The summed E-state index contributed by atoms with van der Waals surface area (Å²) in [6.07, 6.45) is 3.63. The fraction of sp³-hybridized carbons (Fsp3) is 0.125. The van der Waals surface area contributed by atoms with E-state index in [4.69, 9.17) is 9.15 Å². The van der Waals surface area contributed by atoms with Gasteiger partial charge in [-0.05, 0) is 37.3 Å². The lowest BCUT2D eigenvalue weighted by Crippen LogP contribution is -2.24. The maximum Gasteiger partial charge on any atom is 0.346 e. The fourth-order valence-electron chi connectivity index (χ4n) is 3.10. The molecule has 7 nitrogen and oxygen atoms in total. The molecule has 0 saturated carbocycles. The summed E-state index contributed by atoms with van der Waals surface area (Å²) in [7, 11) is 1.24. The molecule has 0 aliphatic rings. The Kier molecular flexibility index (Phi) is 5.66. The summed E-state index contributed by atoms with van der Waals surface area (Å²) in [4.78, 5) is 23.6. The molecule has 4 aromatic rings. The van der Waals surface area contributed by atoms with Gasteiger partial charge in [0.2, 0.25) is 0 Å². The molecule has 1 unspecified atom stereocenters. The molecule has 0 bridgehead atoms. The van der Waals surface area contributed by atoms with Gasteiger partial charge >= 0.3 is 11.9 Å². The summed E-state index contributed by atoms with van der Waals surface area (Å²) in [5.74, 6) is -0.714. The highest BCUT2D eigenvalue weighted by atomic mass is 16.6. The van der Waals surface area contributed by atoms with E-state index in [-0.39, 0.29) is 0 Å². The molecule has 156 valence electrons.